The molecule has 0 radical (unpaired) electrons. The lowest BCUT2D eigenvalue weighted by molar-refractivity contribution is 0.294. The van der Waals surface area contributed by atoms with Crippen LogP contribution in [0.5, 0.6) is 5.75 Å². The van der Waals surface area contributed by atoms with Gasteiger partial charge in [0.2, 0.25) is 0 Å². The third kappa shape index (κ3) is 2.64. The van der Waals surface area contributed by atoms with Crippen LogP contribution in [0.15, 0.2) is 24.3 Å². The number of nitrogen functional groups attached to an aromatic ring is 1. The normalized spacial score (nSPS) is 14.1. The molecule has 0 saturated heterocycles. The summed E-state index contributed by atoms with van der Waals surface area (Å²) in [5.74, 6) is 1.98. The lowest BCUT2D eigenvalue weighted by Gasteiger charge is -2.15. The lowest BCUT2D eigenvalue weighted by Crippen LogP contribution is -2.14. The highest BCUT2D eigenvalue weighted by Crippen LogP contribution is 2.22. The van der Waals surface area contributed by atoms with Crippen molar-refractivity contribution < 1.29 is 4.74 Å². The highest BCUT2D eigenvalue weighted by Gasteiger charge is 2.17. The summed E-state index contributed by atoms with van der Waals surface area (Å²) in [5, 5.41) is 0. The molecule has 0 atom stereocenters. The van der Waals surface area contributed by atoms with E-state index in [1.165, 1.54) is 24.2 Å². The first-order valence-corrected chi connectivity index (χ1v) is 7.27. The van der Waals surface area contributed by atoms with Gasteiger partial charge >= 0.3 is 0 Å². The van der Waals surface area contributed by atoms with Gasteiger partial charge in [-0.3, -0.25) is 0 Å². The van der Waals surface area contributed by atoms with Crippen LogP contribution in [0.25, 0.3) is 0 Å². The van der Waals surface area contributed by atoms with E-state index in [2.05, 4.69) is 16.5 Å². The maximum Gasteiger partial charge on any atom is 0.119 e. The number of imidazole rings is 1. The summed E-state index contributed by atoms with van der Waals surface area (Å²) in [6, 6.07) is 7.54. The predicted octanol–water partition coefficient (Wildman–Crippen LogP) is 2.73. The van der Waals surface area contributed by atoms with E-state index in [1.54, 1.807) is 0 Å². The molecule has 20 heavy (non-hydrogen) atoms. The van der Waals surface area contributed by atoms with Crippen LogP contribution in [0.4, 0.5) is 5.69 Å². The standard InChI is InChI=1S/C16H21N3O/c1-12-18-15-4-2-3-5-16(15)19(12)10-11-20-14-8-6-13(17)7-9-14/h6-9H,2-5,10-11,17H2,1H3. The Labute approximate surface area is 119 Å². The fourth-order valence-electron chi connectivity index (χ4n) is 2.85. The molecule has 0 amide bonds. The van der Waals surface area contributed by atoms with Crippen molar-refractivity contribution in [2.24, 2.45) is 0 Å². The van der Waals surface area contributed by atoms with Crippen molar-refractivity contribution in [2.45, 2.75) is 39.2 Å². The molecule has 0 unspecified atom stereocenters. The SMILES string of the molecule is Cc1nc2c(n1CCOc1ccc(N)cc1)CCCC2. The molecule has 1 aromatic carbocycles. The molecule has 1 aromatic heterocycles. The van der Waals surface area contributed by atoms with Crippen molar-refractivity contribution in [2.75, 3.05) is 12.3 Å². The number of hydrogen-bond donors (Lipinski definition) is 1. The van der Waals surface area contributed by atoms with Gasteiger partial charge in [0.1, 0.15) is 18.2 Å². The molecule has 2 aromatic rings. The summed E-state index contributed by atoms with van der Waals surface area (Å²) in [7, 11) is 0. The second-order valence-corrected chi connectivity index (χ2v) is 5.33. The van der Waals surface area contributed by atoms with Crippen LogP contribution in [0.2, 0.25) is 0 Å². The number of rotatable bonds is 4. The summed E-state index contributed by atoms with van der Waals surface area (Å²) >= 11 is 0. The van der Waals surface area contributed by atoms with Crippen molar-refractivity contribution >= 4 is 5.69 Å². The second kappa shape index (κ2) is 5.57. The molecular weight excluding hydrogens is 250 g/mol. The Morgan fingerprint density at radius 2 is 1.95 bits per heavy atom. The van der Waals surface area contributed by atoms with Crippen LogP contribution in [0.3, 0.4) is 0 Å². The van der Waals surface area contributed by atoms with Gasteiger partial charge in [-0.15, -0.1) is 0 Å². The van der Waals surface area contributed by atoms with E-state index in [0.29, 0.717) is 6.61 Å². The van der Waals surface area contributed by atoms with Gasteiger partial charge in [0.05, 0.1) is 12.2 Å². The first-order valence-electron chi connectivity index (χ1n) is 7.27. The van der Waals surface area contributed by atoms with Gasteiger partial charge < -0.3 is 15.0 Å². The van der Waals surface area contributed by atoms with E-state index >= 15 is 0 Å². The van der Waals surface area contributed by atoms with Crippen molar-refractivity contribution in [3.8, 4) is 5.75 Å². The fraction of sp³-hybridized carbons (Fsp3) is 0.438. The maximum atomic E-state index is 5.78. The van der Waals surface area contributed by atoms with E-state index in [-0.39, 0.29) is 0 Å². The number of anilines is 1. The van der Waals surface area contributed by atoms with Crippen molar-refractivity contribution in [1.29, 1.82) is 0 Å². The number of nitrogens with two attached hydrogens (primary N) is 1. The first-order chi connectivity index (χ1) is 9.74. The molecule has 0 bridgehead atoms. The molecule has 0 fully saturated rings. The molecule has 3 rings (SSSR count). The zero-order valence-corrected chi connectivity index (χ0v) is 11.9. The smallest absolute Gasteiger partial charge is 0.119 e. The average Bonchev–Trinajstić information content (AvgIpc) is 2.77. The van der Waals surface area contributed by atoms with E-state index in [9.17, 15) is 0 Å². The quantitative estimate of drug-likeness (QED) is 0.870. The molecule has 1 aliphatic rings. The molecule has 4 nitrogen and oxygen atoms in total. The molecule has 0 saturated carbocycles. The highest BCUT2D eigenvalue weighted by molar-refractivity contribution is 5.41. The number of aromatic nitrogens is 2. The number of benzene rings is 1. The first kappa shape index (κ1) is 13.0. The zero-order chi connectivity index (χ0) is 13.9. The zero-order valence-electron chi connectivity index (χ0n) is 11.9. The Balaban J connectivity index is 1.64. The molecule has 1 heterocycles. The fourth-order valence-corrected chi connectivity index (χ4v) is 2.85. The number of ether oxygens (including phenoxy) is 1. The van der Waals surface area contributed by atoms with Gasteiger partial charge in [-0.2, -0.15) is 0 Å². The minimum absolute atomic E-state index is 0.660. The number of hydrogen-bond acceptors (Lipinski definition) is 3. The van der Waals surface area contributed by atoms with E-state index in [4.69, 9.17) is 10.5 Å². The topological polar surface area (TPSA) is 53.1 Å². The van der Waals surface area contributed by atoms with Gasteiger partial charge in [0, 0.05) is 11.4 Å². The van der Waals surface area contributed by atoms with E-state index in [1.807, 2.05) is 24.3 Å². The number of nitrogens with zero attached hydrogens (tertiary/aromatic N) is 2. The maximum absolute atomic E-state index is 5.78. The Morgan fingerprint density at radius 3 is 2.75 bits per heavy atom. The van der Waals surface area contributed by atoms with Gasteiger partial charge in [-0.25, -0.2) is 4.98 Å². The van der Waals surface area contributed by atoms with Crippen LogP contribution in [-0.4, -0.2) is 16.2 Å². The van der Waals surface area contributed by atoms with Crippen molar-refractivity contribution in [1.82, 2.24) is 9.55 Å². The summed E-state index contributed by atoms with van der Waals surface area (Å²) in [6.45, 7) is 3.60. The van der Waals surface area contributed by atoms with Crippen molar-refractivity contribution in [3.05, 3.63) is 41.5 Å². The summed E-state index contributed by atoms with van der Waals surface area (Å²) in [4.78, 5) is 4.68. The monoisotopic (exact) mass is 271 g/mol. The third-order valence-corrected chi connectivity index (χ3v) is 3.89. The Morgan fingerprint density at radius 1 is 1.20 bits per heavy atom. The van der Waals surface area contributed by atoms with Gasteiger partial charge in [0.15, 0.2) is 0 Å². The van der Waals surface area contributed by atoms with E-state index in [0.717, 1.165) is 36.6 Å². The Bertz CT molecular complexity index is 587. The summed E-state index contributed by atoms with van der Waals surface area (Å²) in [6.07, 6.45) is 4.82. The van der Waals surface area contributed by atoms with Crippen LogP contribution < -0.4 is 10.5 Å². The Hall–Kier alpha value is -1.97. The van der Waals surface area contributed by atoms with Crippen LogP contribution in [-0.2, 0) is 19.4 Å². The van der Waals surface area contributed by atoms with Gasteiger partial charge in [0.25, 0.3) is 0 Å². The summed E-state index contributed by atoms with van der Waals surface area (Å²) in [5.41, 5.74) is 9.13. The molecular formula is C16H21N3O. The Kier molecular flexibility index (Phi) is 3.63. The number of aryl methyl sites for hydroxylation is 2. The van der Waals surface area contributed by atoms with Crippen molar-refractivity contribution in [3.63, 3.8) is 0 Å². The minimum Gasteiger partial charge on any atom is -0.492 e. The van der Waals surface area contributed by atoms with Crippen LogP contribution in [0, 0.1) is 6.92 Å². The highest BCUT2D eigenvalue weighted by atomic mass is 16.5. The molecule has 1 aliphatic carbocycles. The lowest BCUT2D eigenvalue weighted by atomic mass is 10.0. The number of fused-ring (bicyclic) bond motifs is 1. The predicted molar refractivity (Wildman–Crippen MR) is 80.0 cm³/mol. The van der Waals surface area contributed by atoms with Gasteiger partial charge in [-0.1, -0.05) is 0 Å². The third-order valence-electron chi connectivity index (χ3n) is 3.89. The van der Waals surface area contributed by atoms with Gasteiger partial charge in [-0.05, 0) is 56.9 Å². The van der Waals surface area contributed by atoms with Crippen LogP contribution >= 0.6 is 0 Å². The largest absolute Gasteiger partial charge is 0.492 e. The molecule has 4 heteroatoms. The second-order valence-electron chi connectivity index (χ2n) is 5.33. The van der Waals surface area contributed by atoms with E-state index < -0.39 is 0 Å². The molecule has 106 valence electrons. The molecule has 0 spiro atoms. The average molecular weight is 271 g/mol. The molecule has 0 aliphatic heterocycles. The summed E-state index contributed by atoms with van der Waals surface area (Å²) < 4.78 is 8.09. The molecule has 2 N–H and O–H groups in total. The van der Waals surface area contributed by atoms with Crippen LogP contribution in [0.1, 0.15) is 30.1 Å². The minimum atomic E-state index is 0.660.